The van der Waals surface area contributed by atoms with Crippen molar-refractivity contribution < 1.29 is 5.11 Å². The minimum absolute atomic E-state index is 0. The Morgan fingerprint density at radius 3 is 2.14 bits per heavy atom. The summed E-state index contributed by atoms with van der Waals surface area (Å²) in [5, 5.41) is 18.3. The van der Waals surface area contributed by atoms with Gasteiger partial charge in [0.15, 0.2) is 0 Å². The van der Waals surface area contributed by atoms with E-state index in [2.05, 4.69) is 97.0 Å². The van der Waals surface area contributed by atoms with Crippen LogP contribution < -0.4 is 5.01 Å². The maximum absolute atomic E-state index is 8.06. The molecule has 1 aliphatic rings. The van der Waals surface area contributed by atoms with Crippen molar-refractivity contribution >= 4 is 39.2 Å². The van der Waals surface area contributed by atoms with Crippen LogP contribution in [0.1, 0.15) is 48.6 Å². The summed E-state index contributed by atoms with van der Waals surface area (Å²) in [5.41, 5.74) is 8.29. The highest BCUT2D eigenvalue weighted by molar-refractivity contribution is 8.93. The Kier molecular flexibility index (Phi) is 9.38. The van der Waals surface area contributed by atoms with Crippen molar-refractivity contribution in [1.29, 1.82) is 0 Å². The summed E-state index contributed by atoms with van der Waals surface area (Å²) >= 11 is 1.66. The Labute approximate surface area is 222 Å². The van der Waals surface area contributed by atoms with E-state index in [4.69, 9.17) is 15.2 Å². The van der Waals surface area contributed by atoms with E-state index in [1.807, 2.05) is 6.07 Å². The van der Waals surface area contributed by atoms with E-state index in [0.29, 0.717) is 0 Å². The maximum Gasteiger partial charge on any atom is 0.207 e. The summed E-state index contributed by atoms with van der Waals surface area (Å²) in [4.78, 5) is 4.97. The molecule has 0 saturated carbocycles. The maximum atomic E-state index is 8.06. The first-order valence-electron chi connectivity index (χ1n) is 11.6. The van der Waals surface area contributed by atoms with Crippen LogP contribution in [0.3, 0.4) is 0 Å². The number of aromatic nitrogens is 1. The van der Waals surface area contributed by atoms with E-state index >= 15 is 0 Å². The molecule has 35 heavy (non-hydrogen) atoms. The van der Waals surface area contributed by atoms with Crippen LogP contribution >= 0.6 is 28.3 Å². The predicted octanol–water partition coefficient (Wildman–Crippen LogP) is 7.75. The third kappa shape index (κ3) is 6.66. The smallest absolute Gasteiger partial charge is 0.207 e. The van der Waals surface area contributed by atoms with Crippen LogP contribution in [-0.2, 0) is 0 Å². The lowest BCUT2D eigenvalue weighted by atomic mass is 9.99. The number of hydrogen-bond donors (Lipinski definition) is 1. The lowest BCUT2D eigenvalue weighted by Gasteiger charge is -2.21. The van der Waals surface area contributed by atoms with Gasteiger partial charge >= 0.3 is 0 Å². The first kappa shape index (κ1) is 26.8. The van der Waals surface area contributed by atoms with Crippen LogP contribution in [0.4, 0.5) is 5.13 Å². The SMILES string of the molecule is Br.CC(C)O.Cc1ccc(-c2csc(N3N=C(c4ccccc4)CC3c3ccccc3)n2)cc1C. The van der Waals surface area contributed by atoms with Gasteiger partial charge in [0.25, 0.3) is 0 Å². The number of hydrazone groups is 1. The molecule has 1 atom stereocenters. The van der Waals surface area contributed by atoms with Crippen molar-refractivity contribution in [3.05, 3.63) is 106 Å². The molecule has 6 heteroatoms. The van der Waals surface area contributed by atoms with Crippen molar-refractivity contribution in [2.45, 2.75) is 46.3 Å². The number of aliphatic hydroxyl groups excluding tert-OH is 1. The van der Waals surface area contributed by atoms with Crippen molar-refractivity contribution in [3.63, 3.8) is 0 Å². The third-order valence-corrected chi connectivity index (χ3v) is 6.52. The zero-order chi connectivity index (χ0) is 24.1. The van der Waals surface area contributed by atoms with Gasteiger partial charge in [-0.15, -0.1) is 28.3 Å². The minimum atomic E-state index is -0.167. The molecule has 0 amide bonds. The Balaban J connectivity index is 0.000000638. The van der Waals surface area contributed by atoms with Gasteiger partial charge in [-0.05, 0) is 56.0 Å². The fourth-order valence-corrected chi connectivity index (χ4v) is 4.66. The first-order chi connectivity index (χ1) is 16.4. The zero-order valence-corrected chi connectivity index (χ0v) is 23.1. The summed E-state index contributed by atoms with van der Waals surface area (Å²) in [6.07, 6.45) is 0.701. The quantitative estimate of drug-likeness (QED) is 0.283. The number of benzene rings is 3. The van der Waals surface area contributed by atoms with E-state index < -0.39 is 0 Å². The second-order valence-electron chi connectivity index (χ2n) is 8.80. The lowest BCUT2D eigenvalue weighted by molar-refractivity contribution is 0.216. The molecule has 0 fully saturated rings. The molecule has 0 radical (unpaired) electrons. The van der Waals surface area contributed by atoms with Crippen molar-refractivity contribution in [3.8, 4) is 11.3 Å². The highest BCUT2D eigenvalue weighted by Gasteiger charge is 2.31. The molecule has 1 N–H and O–H groups in total. The van der Waals surface area contributed by atoms with Crippen LogP contribution in [0.2, 0.25) is 0 Å². The molecule has 182 valence electrons. The summed E-state index contributed by atoms with van der Waals surface area (Å²) in [6, 6.07) is 27.7. The Hall–Kier alpha value is -2.80. The molecule has 0 saturated heterocycles. The highest BCUT2D eigenvalue weighted by Crippen LogP contribution is 2.39. The average Bonchev–Trinajstić information content (AvgIpc) is 3.49. The molecule has 1 unspecified atom stereocenters. The molecule has 5 rings (SSSR count). The molecule has 1 aromatic heterocycles. The monoisotopic (exact) mass is 549 g/mol. The second kappa shape index (κ2) is 12.2. The number of nitrogens with zero attached hydrogens (tertiary/aromatic N) is 3. The number of hydrogen-bond acceptors (Lipinski definition) is 5. The van der Waals surface area contributed by atoms with Crippen LogP contribution in [0.15, 0.2) is 89.3 Å². The van der Waals surface area contributed by atoms with E-state index in [1.54, 1.807) is 25.2 Å². The van der Waals surface area contributed by atoms with Gasteiger partial charge in [0, 0.05) is 23.5 Å². The van der Waals surface area contributed by atoms with Crippen LogP contribution in [0.25, 0.3) is 11.3 Å². The normalized spacial score (nSPS) is 14.7. The molecule has 4 aromatic rings. The molecular formula is C29H32BrN3OS. The molecule has 0 aliphatic carbocycles. The Morgan fingerprint density at radius 2 is 1.51 bits per heavy atom. The summed E-state index contributed by atoms with van der Waals surface area (Å²) in [6.45, 7) is 7.73. The summed E-state index contributed by atoms with van der Waals surface area (Å²) in [7, 11) is 0. The van der Waals surface area contributed by atoms with Crippen LogP contribution in [-0.4, -0.2) is 21.9 Å². The fourth-order valence-electron chi connectivity index (χ4n) is 3.83. The van der Waals surface area contributed by atoms with Crippen molar-refractivity contribution in [2.75, 3.05) is 5.01 Å². The number of anilines is 1. The first-order valence-corrected chi connectivity index (χ1v) is 12.5. The van der Waals surface area contributed by atoms with Gasteiger partial charge in [-0.1, -0.05) is 72.8 Å². The number of aliphatic hydroxyl groups is 1. The molecule has 2 heterocycles. The standard InChI is InChI=1S/C26H23N3S.C3H8O.BrH/c1-18-13-14-22(15-19(18)2)24-17-30-26(27-24)29-25(21-11-7-4-8-12-21)16-23(28-29)20-9-5-3-6-10-20;1-3(2)4;/h3-15,17,25H,16H2,1-2H3;3-4H,1-2H3;1H. The van der Waals surface area contributed by atoms with Gasteiger partial charge in [0.2, 0.25) is 5.13 Å². The van der Waals surface area contributed by atoms with E-state index in [-0.39, 0.29) is 29.1 Å². The molecule has 0 bridgehead atoms. The van der Waals surface area contributed by atoms with Crippen LogP contribution in [0.5, 0.6) is 0 Å². The number of aryl methyl sites for hydroxylation is 2. The minimum Gasteiger partial charge on any atom is -0.394 e. The molecule has 0 spiro atoms. The van der Waals surface area contributed by atoms with Gasteiger partial charge in [0.1, 0.15) is 0 Å². The van der Waals surface area contributed by atoms with E-state index in [1.165, 1.54) is 22.3 Å². The van der Waals surface area contributed by atoms with Gasteiger partial charge in [-0.25, -0.2) is 9.99 Å². The summed E-state index contributed by atoms with van der Waals surface area (Å²) < 4.78 is 0. The van der Waals surface area contributed by atoms with Crippen molar-refractivity contribution in [1.82, 2.24) is 4.98 Å². The topological polar surface area (TPSA) is 48.7 Å². The highest BCUT2D eigenvalue weighted by atomic mass is 79.9. The zero-order valence-electron chi connectivity index (χ0n) is 20.6. The third-order valence-electron chi connectivity index (χ3n) is 5.69. The Bertz CT molecular complexity index is 1250. The number of rotatable bonds is 4. The fraction of sp³-hybridized carbons (Fsp3) is 0.241. The molecule has 3 aromatic carbocycles. The molecule has 1 aliphatic heterocycles. The van der Waals surface area contributed by atoms with Crippen molar-refractivity contribution in [2.24, 2.45) is 5.10 Å². The largest absolute Gasteiger partial charge is 0.394 e. The second-order valence-corrected chi connectivity index (χ2v) is 9.63. The van der Waals surface area contributed by atoms with Gasteiger partial charge in [-0.2, -0.15) is 5.10 Å². The lowest BCUT2D eigenvalue weighted by Crippen LogP contribution is -2.18. The van der Waals surface area contributed by atoms with E-state index in [0.717, 1.165) is 28.5 Å². The Morgan fingerprint density at radius 1 is 0.886 bits per heavy atom. The molecule has 4 nitrogen and oxygen atoms in total. The van der Waals surface area contributed by atoms with Gasteiger partial charge < -0.3 is 5.11 Å². The predicted molar refractivity (Wildman–Crippen MR) is 154 cm³/mol. The number of thiazole rings is 1. The van der Waals surface area contributed by atoms with E-state index in [9.17, 15) is 0 Å². The molecular weight excluding hydrogens is 518 g/mol. The van der Waals surface area contributed by atoms with Gasteiger partial charge in [-0.3, -0.25) is 0 Å². The number of halogens is 1. The summed E-state index contributed by atoms with van der Waals surface area (Å²) in [5.74, 6) is 0. The van der Waals surface area contributed by atoms with Crippen LogP contribution in [0, 0.1) is 13.8 Å². The average molecular weight is 551 g/mol. The van der Waals surface area contributed by atoms with Gasteiger partial charge in [0.05, 0.1) is 17.4 Å².